The molecule has 4 nitrogen and oxygen atoms in total. The number of rotatable bonds is 17. The Hall–Kier alpha value is -0.770. The maximum absolute atomic E-state index is 11.9. The van der Waals surface area contributed by atoms with Gasteiger partial charge in [0.15, 0.2) is 0 Å². The zero-order valence-electron chi connectivity index (χ0n) is 18.1. The van der Waals surface area contributed by atoms with Crippen LogP contribution in [-0.2, 0) is 4.74 Å². The lowest BCUT2D eigenvalue weighted by molar-refractivity contribution is 0.0532. The molecule has 0 unspecified atom stereocenters. The number of nitrogens with zero attached hydrogens (tertiary/aromatic N) is 1. The van der Waals surface area contributed by atoms with Gasteiger partial charge in [-0.3, -0.25) is 0 Å². The maximum atomic E-state index is 11.9. The quantitative estimate of drug-likeness (QED) is 0.300. The fraction of sp³-hybridized carbons (Fsp3) is 0.957. The second-order valence-corrected chi connectivity index (χ2v) is 8.13. The summed E-state index contributed by atoms with van der Waals surface area (Å²) in [5, 5.41) is 3.03. The number of ether oxygens (including phenoxy) is 1. The molecule has 4 heteroatoms. The molecule has 1 N–H and O–H groups in total. The van der Waals surface area contributed by atoms with Gasteiger partial charge in [0.05, 0.1) is 13.2 Å². The summed E-state index contributed by atoms with van der Waals surface area (Å²) in [4.78, 5) is 13.8. The van der Waals surface area contributed by atoms with Gasteiger partial charge >= 0.3 is 6.03 Å². The average molecular weight is 383 g/mol. The van der Waals surface area contributed by atoms with Gasteiger partial charge in [-0.2, -0.15) is 0 Å². The predicted molar refractivity (Wildman–Crippen MR) is 115 cm³/mol. The Balaban J connectivity index is 1.71. The van der Waals surface area contributed by atoms with Crippen LogP contribution in [0.4, 0.5) is 4.79 Å². The third-order valence-corrected chi connectivity index (χ3v) is 5.60. The van der Waals surface area contributed by atoms with Crippen LogP contribution in [0.1, 0.15) is 110 Å². The minimum Gasteiger partial charge on any atom is -0.378 e. The molecule has 0 bridgehead atoms. The SMILES string of the molecule is CCCCCCCCCCCCCCCCCCNC(=O)N1CCOCC1. The van der Waals surface area contributed by atoms with Crippen LogP contribution in [0.25, 0.3) is 0 Å². The fourth-order valence-electron chi connectivity index (χ4n) is 3.75. The van der Waals surface area contributed by atoms with Crippen molar-refractivity contribution in [2.75, 3.05) is 32.8 Å². The summed E-state index contributed by atoms with van der Waals surface area (Å²) in [5.41, 5.74) is 0. The highest BCUT2D eigenvalue weighted by molar-refractivity contribution is 5.74. The van der Waals surface area contributed by atoms with Gasteiger partial charge in [-0.25, -0.2) is 4.79 Å². The minimum absolute atomic E-state index is 0.0826. The number of amides is 2. The van der Waals surface area contributed by atoms with Crippen molar-refractivity contribution in [2.45, 2.75) is 110 Å². The van der Waals surface area contributed by atoms with E-state index in [4.69, 9.17) is 4.74 Å². The minimum atomic E-state index is 0.0826. The van der Waals surface area contributed by atoms with E-state index >= 15 is 0 Å². The molecule has 1 saturated heterocycles. The molecule has 160 valence electrons. The summed E-state index contributed by atoms with van der Waals surface area (Å²) < 4.78 is 5.27. The molecule has 1 aliphatic heterocycles. The molecule has 2 amide bonds. The molecule has 0 atom stereocenters. The van der Waals surface area contributed by atoms with Crippen molar-refractivity contribution in [3.8, 4) is 0 Å². The van der Waals surface area contributed by atoms with Crippen molar-refractivity contribution in [1.82, 2.24) is 10.2 Å². The standard InChI is InChI=1S/C23H46N2O2/c1-2-3-4-5-6-7-8-9-10-11-12-13-14-15-16-17-18-24-23(26)25-19-21-27-22-20-25/h2-22H2,1H3,(H,24,26). The first-order valence-corrected chi connectivity index (χ1v) is 11.9. The summed E-state index contributed by atoms with van der Waals surface area (Å²) >= 11 is 0. The van der Waals surface area contributed by atoms with Crippen LogP contribution in [0.2, 0.25) is 0 Å². The highest BCUT2D eigenvalue weighted by Crippen LogP contribution is 2.13. The Morgan fingerprint density at radius 3 is 1.56 bits per heavy atom. The number of morpholine rings is 1. The van der Waals surface area contributed by atoms with Gasteiger partial charge < -0.3 is 15.0 Å². The zero-order chi connectivity index (χ0) is 19.4. The Labute approximate surface area is 168 Å². The van der Waals surface area contributed by atoms with Crippen LogP contribution >= 0.6 is 0 Å². The molecule has 0 saturated carbocycles. The molecule has 0 aliphatic carbocycles. The first-order chi connectivity index (χ1) is 13.3. The van der Waals surface area contributed by atoms with E-state index < -0.39 is 0 Å². The van der Waals surface area contributed by atoms with Crippen molar-refractivity contribution in [3.05, 3.63) is 0 Å². The Morgan fingerprint density at radius 2 is 1.11 bits per heavy atom. The highest BCUT2D eigenvalue weighted by atomic mass is 16.5. The summed E-state index contributed by atoms with van der Waals surface area (Å²) in [5.74, 6) is 0. The van der Waals surface area contributed by atoms with E-state index in [9.17, 15) is 4.79 Å². The van der Waals surface area contributed by atoms with E-state index in [1.807, 2.05) is 4.90 Å². The number of carbonyl (C=O) groups is 1. The molecular formula is C23H46N2O2. The number of carbonyl (C=O) groups excluding carboxylic acids is 1. The molecule has 0 aromatic carbocycles. The average Bonchev–Trinajstić information content (AvgIpc) is 2.70. The van der Waals surface area contributed by atoms with Gasteiger partial charge in [-0.05, 0) is 6.42 Å². The first kappa shape index (κ1) is 24.3. The molecule has 1 aliphatic rings. The van der Waals surface area contributed by atoms with Crippen molar-refractivity contribution >= 4 is 6.03 Å². The molecule has 1 rings (SSSR count). The third kappa shape index (κ3) is 14.9. The summed E-state index contributed by atoms with van der Waals surface area (Å²) in [6.07, 6.45) is 22.1. The first-order valence-electron chi connectivity index (χ1n) is 11.9. The van der Waals surface area contributed by atoms with Crippen molar-refractivity contribution in [2.24, 2.45) is 0 Å². The largest absolute Gasteiger partial charge is 0.378 e. The van der Waals surface area contributed by atoms with Gasteiger partial charge in [0.25, 0.3) is 0 Å². The number of hydrogen-bond acceptors (Lipinski definition) is 2. The van der Waals surface area contributed by atoms with Crippen LogP contribution in [0.5, 0.6) is 0 Å². The highest BCUT2D eigenvalue weighted by Gasteiger charge is 2.15. The topological polar surface area (TPSA) is 41.6 Å². The van der Waals surface area contributed by atoms with Crippen molar-refractivity contribution < 1.29 is 9.53 Å². The van der Waals surface area contributed by atoms with Crippen LogP contribution in [0.3, 0.4) is 0 Å². The summed E-state index contributed by atoms with van der Waals surface area (Å²) in [6.45, 7) is 5.90. The van der Waals surface area contributed by atoms with Gasteiger partial charge in [0.1, 0.15) is 0 Å². The zero-order valence-corrected chi connectivity index (χ0v) is 18.1. The van der Waals surface area contributed by atoms with Gasteiger partial charge in [-0.1, -0.05) is 103 Å². The Kier molecular flexibility index (Phi) is 16.7. The second kappa shape index (κ2) is 18.6. The number of nitrogens with one attached hydrogen (secondary N) is 1. The van der Waals surface area contributed by atoms with E-state index in [2.05, 4.69) is 12.2 Å². The molecule has 0 aromatic rings. The maximum Gasteiger partial charge on any atom is 0.317 e. The van der Waals surface area contributed by atoms with Gasteiger partial charge in [0.2, 0.25) is 0 Å². The second-order valence-electron chi connectivity index (χ2n) is 8.13. The van der Waals surface area contributed by atoms with Crippen LogP contribution in [0.15, 0.2) is 0 Å². The Morgan fingerprint density at radius 1 is 0.704 bits per heavy atom. The van der Waals surface area contributed by atoms with Crippen LogP contribution < -0.4 is 5.32 Å². The predicted octanol–water partition coefficient (Wildman–Crippen LogP) is 6.29. The fourth-order valence-corrected chi connectivity index (χ4v) is 3.75. The van der Waals surface area contributed by atoms with E-state index in [1.54, 1.807) is 0 Å². The smallest absolute Gasteiger partial charge is 0.317 e. The summed E-state index contributed by atoms with van der Waals surface area (Å²) in [7, 11) is 0. The lowest BCUT2D eigenvalue weighted by Crippen LogP contribution is -2.46. The normalized spacial score (nSPS) is 14.5. The van der Waals surface area contributed by atoms with E-state index in [0.29, 0.717) is 13.2 Å². The molecule has 1 fully saturated rings. The van der Waals surface area contributed by atoms with Crippen molar-refractivity contribution in [3.63, 3.8) is 0 Å². The monoisotopic (exact) mass is 382 g/mol. The van der Waals surface area contributed by atoms with Crippen LogP contribution in [0, 0.1) is 0 Å². The lowest BCUT2D eigenvalue weighted by atomic mass is 10.0. The number of unbranched alkanes of at least 4 members (excludes halogenated alkanes) is 15. The summed E-state index contributed by atoms with van der Waals surface area (Å²) in [6, 6.07) is 0.0826. The molecule has 0 radical (unpaired) electrons. The van der Waals surface area contributed by atoms with E-state index in [1.165, 1.54) is 96.3 Å². The van der Waals surface area contributed by atoms with E-state index in [0.717, 1.165) is 26.1 Å². The molecule has 1 heterocycles. The van der Waals surface area contributed by atoms with Crippen molar-refractivity contribution in [1.29, 1.82) is 0 Å². The number of hydrogen-bond donors (Lipinski definition) is 1. The molecular weight excluding hydrogens is 336 g/mol. The van der Waals surface area contributed by atoms with Gasteiger partial charge in [0, 0.05) is 19.6 Å². The molecule has 27 heavy (non-hydrogen) atoms. The third-order valence-electron chi connectivity index (χ3n) is 5.60. The van der Waals surface area contributed by atoms with Gasteiger partial charge in [-0.15, -0.1) is 0 Å². The molecule has 0 spiro atoms. The Bertz CT molecular complexity index is 330. The number of urea groups is 1. The van der Waals surface area contributed by atoms with E-state index in [-0.39, 0.29) is 6.03 Å². The van der Waals surface area contributed by atoms with Crippen LogP contribution in [-0.4, -0.2) is 43.8 Å². The lowest BCUT2D eigenvalue weighted by Gasteiger charge is -2.26. The molecule has 0 aromatic heterocycles.